The van der Waals surface area contributed by atoms with E-state index in [1.165, 1.54) is 26.6 Å². The summed E-state index contributed by atoms with van der Waals surface area (Å²) in [4.78, 5) is 0. The summed E-state index contributed by atoms with van der Waals surface area (Å²) in [6.45, 7) is 12.9. The first-order valence-electron chi connectivity index (χ1n) is 12.9. The molecule has 0 amide bonds. The molecule has 4 aromatic carbocycles. The minimum atomic E-state index is -3.65. The van der Waals surface area contributed by atoms with Crippen LogP contribution >= 0.6 is 0 Å². The zero-order valence-corrected chi connectivity index (χ0v) is 23.5. The molecule has 0 saturated heterocycles. The van der Waals surface area contributed by atoms with E-state index in [0.29, 0.717) is 0 Å². The van der Waals surface area contributed by atoms with Crippen LogP contribution in [0.15, 0.2) is 165 Å². The molecule has 0 aromatic heterocycles. The first kappa shape index (κ1) is 26.5. The molecule has 1 unspecified atom stereocenters. The summed E-state index contributed by atoms with van der Waals surface area (Å²) in [5.74, 6) is 0. The molecule has 0 bridgehead atoms. The number of allylic oxidation sites excluding steroid dienone is 4. The Balaban J connectivity index is 2.16. The van der Waals surface area contributed by atoms with Gasteiger partial charge in [0.2, 0.25) is 0 Å². The third-order valence-electron chi connectivity index (χ3n) is 7.57. The van der Waals surface area contributed by atoms with Gasteiger partial charge in [0.15, 0.2) is 0 Å². The Labute approximate surface area is 224 Å². The number of hydrogen-bond donors (Lipinski definition) is 0. The van der Waals surface area contributed by atoms with Gasteiger partial charge in [-0.25, -0.2) is 0 Å². The topological polar surface area (TPSA) is 0 Å². The first-order chi connectivity index (χ1) is 18.2. The molecule has 0 aliphatic heterocycles. The maximum atomic E-state index is 4.31. The Bertz CT molecular complexity index is 1260. The van der Waals surface area contributed by atoms with Gasteiger partial charge in [-0.15, -0.1) is 0 Å². The second-order valence-electron chi connectivity index (χ2n) is 9.74. The fourth-order valence-corrected chi connectivity index (χ4v) is 19.5. The second-order valence-corrected chi connectivity index (χ2v) is 21.9. The van der Waals surface area contributed by atoms with E-state index in [1.807, 2.05) is 0 Å². The van der Waals surface area contributed by atoms with Crippen LogP contribution in [0.25, 0.3) is 5.57 Å². The van der Waals surface area contributed by atoms with Crippen molar-refractivity contribution in [3.63, 3.8) is 0 Å². The number of rotatable bonds is 12. The van der Waals surface area contributed by atoms with E-state index in [0.717, 1.165) is 15.6 Å². The van der Waals surface area contributed by atoms with Crippen LogP contribution in [0.2, 0.25) is 15.6 Å². The van der Waals surface area contributed by atoms with Crippen LogP contribution in [0, 0.1) is 0 Å². The van der Waals surface area contributed by atoms with Crippen LogP contribution in [0.3, 0.4) is 0 Å². The van der Waals surface area contributed by atoms with Gasteiger partial charge in [-0.05, 0) is 0 Å². The summed E-state index contributed by atoms with van der Waals surface area (Å²) in [6.07, 6.45) is 9.02. The summed E-state index contributed by atoms with van der Waals surface area (Å²) in [5.41, 5.74) is 5.05. The molecular weight excluding hydrogens is 507 g/mol. The minimum absolute atomic E-state index is 0.187. The van der Waals surface area contributed by atoms with Crippen molar-refractivity contribution in [1.29, 1.82) is 0 Å². The van der Waals surface area contributed by atoms with Crippen molar-refractivity contribution in [3.8, 4) is 0 Å². The summed E-state index contributed by atoms with van der Waals surface area (Å²) < 4.78 is 1.64. The van der Waals surface area contributed by atoms with Gasteiger partial charge in [-0.2, -0.15) is 0 Å². The normalized spacial score (nSPS) is 12.9. The van der Waals surface area contributed by atoms with Gasteiger partial charge < -0.3 is 0 Å². The first-order valence-corrected chi connectivity index (χ1v) is 18.9. The molecule has 4 rings (SSSR count). The van der Waals surface area contributed by atoms with Gasteiger partial charge >= 0.3 is 225 Å². The van der Waals surface area contributed by atoms with Crippen molar-refractivity contribution in [2.45, 2.75) is 20.3 Å². The van der Waals surface area contributed by atoms with E-state index < -0.39 is 12.5 Å². The Morgan fingerprint density at radius 3 is 1.32 bits per heavy atom. The third-order valence-corrected chi connectivity index (χ3v) is 22.5. The summed E-state index contributed by atoms with van der Waals surface area (Å²) >= 11 is -3.65. The van der Waals surface area contributed by atoms with Crippen LogP contribution in [0.5, 0.6) is 0 Å². The summed E-state index contributed by atoms with van der Waals surface area (Å²) in [6, 6.07) is 43.8. The molecule has 0 N–H and O–H groups in total. The number of benzene rings is 4. The van der Waals surface area contributed by atoms with Gasteiger partial charge in [0, 0.05) is 0 Å². The average molecular weight is 545 g/mol. The molecule has 0 aliphatic rings. The van der Waals surface area contributed by atoms with E-state index >= 15 is 0 Å². The molecule has 0 fully saturated rings. The molecule has 1 atom stereocenters. The fourth-order valence-electron chi connectivity index (χ4n) is 5.92. The molecule has 0 spiro atoms. The molecule has 0 heterocycles. The molecule has 4 aromatic rings. The Hall–Kier alpha value is -3.60. The zero-order chi connectivity index (χ0) is 26.0. The fraction of sp³-hybridized carbons (Fsp3) is 0.111. The third kappa shape index (κ3) is 5.27. The quantitative estimate of drug-likeness (QED) is 0.123. The van der Waals surface area contributed by atoms with Gasteiger partial charge in [0.25, 0.3) is 0 Å². The molecule has 0 nitrogen and oxygen atoms in total. The van der Waals surface area contributed by atoms with Crippen LogP contribution in [-0.4, -0.2) is 12.5 Å². The van der Waals surface area contributed by atoms with Crippen molar-refractivity contribution in [1.82, 2.24) is 0 Å². The molecule has 0 aliphatic carbocycles. The van der Waals surface area contributed by atoms with E-state index in [4.69, 9.17) is 0 Å². The molecule has 0 radical (unpaired) electrons. The SMILES string of the molecule is C=CC[As](CC=C)(CC=C)(c1ccccc1)C(C=C(c1ccccc1)c1ccccc1)c1ccccc1. The van der Waals surface area contributed by atoms with Crippen molar-refractivity contribution < 1.29 is 0 Å². The van der Waals surface area contributed by atoms with Crippen molar-refractivity contribution >= 4 is 22.4 Å². The number of hydrogen-bond acceptors (Lipinski definition) is 0. The van der Waals surface area contributed by atoms with Crippen LogP contribution < -0.4 is 4.35 Å². The Kier molecular flexibility index (Phi) is 8.65. The van der Waals surface area contributed by atoms with E-state index in [9.17, 15) is 0 Å². The predicted molar refractivity (Wildman–Crippen MR) is 166 cm³/mol. The van der Waals surface area contributed by atoms with Gasteiger partial charge in [0.1, 0.15) is 0 Å². The zero-order valence-electron chi connectivity index (χ0n) is 21.6. The van der Waals surface area contributed by atoms with Gasteiger partial charge in [-0.1, -0.05) is 0 Å². The predicted octanol–water partition coefficient (Wildman–Crippen LogP) is 9.31. The Morgan fingerprint density at radius 1 is 0.541 bits per heavy atom. The van der Waals surface area contributed by atoms with Gasteiger partial charge in [0.05, 0.1) is 0 Å². The van der Waals surface area contributed by atoms with Gasteiger partial charge in [-0.3, -0.25) is 0 Å². The molecular formula is C36H37As. The second kappa shape index (κ2) is 12.1. The standard InChI is InChI=1S/C36H37As/c1-4-27-37(28-5-2,29-6-3,34-25-17-10-18-26-34)36(33-23-15-9-16-24-33)30-35(31-19-11-7-12-20-31)32-21-13-8-14-22-32/h4-26,30,36H,1-3,27-29H2. The Morgan fingerprint density at radius 2 is 0.919 bits per heavy atom. The average Bonchev–Trinajstić information content (AvgIpc) is 2.96. The summed E-state index contributed by atoms with van der Waals surface area (Å²) in [7, 11) is 0. The van der Waals surface area contributed by atoms with E-state index in [-0.39, 0.29) is 4.71 Å². The molecule has 37 heavy (non-hydrogen) atoms. The summed E-state index contributed by atoms with van der Waals surface area (Å²) in [5, 5.41) is 2.86. The van der Waals surface area contributed by atoms with Crippen LogP contribution in [0.4, 0.5) is 0 Å². The molecule has 186 valence electrons. The van der Waals surface area contributed by atoms with E-state index in [2.05, 4.69) is 165 Å². The van der Waals surface area contributed by atoms with Crippen molar-refractivity contribution in [2.75, 3.05) is 0 Å². The van der Waals surface area contributed by atoms with Crippen molar-refractivity contribution in [3.05, 3.63) is 182 Å². The van der Waals surface area contributed by atoms with Crippen LogP contribution in [-0.2, 0) is 0 Å². The maximum absolute atomic E-state index is 4.31. The van der Waals surface area contributed by atoms with Crippen LogP contribution in [0.1, 0.15) is 21.4 Å². The van der Waals surface area contributed by atoms with Crippen molar-refractivity contribution in [2.24, 2.45) is 0 Å². The molecule has 0 saturated carbocycles. The molecule has 1 heteroatoms. The van der Waals surface area contributed by atoms with E-state index in [1.54, 1.807) is 0 Å². The monoisotopic (exact) mass is 544 g/mol.